The number of aryl methyl sites for hydroxylation is 2. The number of carbonyl (C=O) groups is 1. The van der Waals surface area contributed by atoms with Gasteiger partial charge in [0.25, 0.3) is 0 Å². The van der Waals surface area contributed by atoms with Crippen LogP contribution >= 0.6 is 0 Å². The minimum atomic E-state index is -0.0486. The topological polar surface area (TPSA) is 63.1 Å². The van der Waals surface area contributed by atoms with Crippen LogP contribution in [0, 0.1) is 13.8 Å². The molecular weight excluding hydrogens is 302 g/mol. The van der Waals surface area contributed by atoms with Crippen LogP contribution in [-0.4, -0.2) is 39.0 Å². The van der Waals surface area contributed by atoms with Crippen LogP contribution in [0.25, 0.3) is 5.57 Å². The molecule has 1 aromatic heterocycles. The first-order valence-corrected chi connectivity index (χ1v) is 8.18. The van der Waals surface area contributed by atoms with Crippen LogP contribution in [0.4, 0.5) is 4.79 Å². The predicted molar refractivity (Wildman–Crippen MR) is 93.3 cm³/mol. The lowest BCUT2D eigenvalue weighted by atomic mass is 9.93. The fraction of sp³-hybridized carbons (Fsp3) is 0.389. The van der Waals surface area contributed by atoms with E-state index in [0.717, 1.165) is 18.7 Å². The van der Waals surface area contributed by atoms with Crippen molar-refractivity contribution in [2.75, 3.05) is 13.1 Å². The second kappa shape index (κ2) is 6.86. The van der Waals surface area contributed by atoms with E-state index in [4.69, 9.17) is 0 Å². The lowest BCUT2D eigenvalue weighted by Gasteiger charge is -2.27. The Morgan fingerprint density at radius 2 is 2.17 bits per heavy atom. The normalized spacial score (nSPS) is 14.5. The number of aromatic nitrogens is 3. The molecule has 0 aliphatic carbocycles. The molecule has 0 unspecified atom stereocenters. The zero-order valence-corrected chi connectivity index (χ0v) is 14.4. The predicted octanol–water partition coefficient (Wildman–Crippen LogP) is 2.43. The van der Waals surface area contributed by atoms with E-state index in [1.807, 2.05) is 11.9 Å². The van der Waals surface area contributed by atoms with Crippen LogP contribution in [0.2, 0.25) is 0 Å². The molecule has 0 atom stereocenters. The van der Waals surface area contributed by atoms with E-state index in [1.54, 1.807) is 10.9 Å². The average Bonchev–Trinajstić information content (AvgIpc) is 3.00. The quantitative estimate of drug-likeness (QED) is 0.943. The Morgan fingerprint density at radius 1 is 1.33 bits per heavy atom. The summed E-state index contributed by atoms with van der Waals surface area (Å²) in [5.74, 6) is 0. The molecule has 1 aromatic carbocycles. The maximum Gasteiger partial charge on any atom is 0.318 e. The van der Waals surface area contributed by atoms with Gasteiger partial charge in [0.15, 0.2) is 0 Å². The van der Waals surface area contributed by atoms with E-state index in [1.165, 1.54) is 22.3 Å². The number of nitrogens with one attached hydrogen (secondary N) is 1. The number of rotatable bonds is 3. The third kappa shape index (κ3) is 3.32. The molecule has 6 nitrogen and oxygen atoms in total. The minimum Gasteiger partial charge on any atom is -0.332 e. The zero-order valence-electron chi connectivity index (χ0n) is 14.4. The van der Waals surface area contributed by atoms with Crippen LogP contribution in [0.3, 0.4) is 0 Å². The van der Waals surface area contributed by atoms with E-state index in [2.05, 4.69) is 53.8 Å². The molecular formula is C18H23N5O. The van der Waals surface area contributed by atoms with E-state index in [9.17, 15) is 4.79 Å². The second-order valence-electron chi connectivity index (χ2n) is 6.18. The molecule has 0 fully saturated rings. The van der Waals surface area contributed by atoms with Gasteiger partial charge in [-0.25, -0.2) is 4.79 Å². The summed E-state index contributed by atoms with van der Waals surface area (Å²) >= 11 is 0. The van der Waals surface area contributed by atoms with Crippen molar-refractivity contribution in [1.29, 1.82) is 0 Å². The zero-order chi connectivity index (χ0) is 17.1. The molecule has 0 bridgehead atoms. The van der Waals surface area contributed by atoms with Crippen molar-refractivity contribution in [1.82, 2.24) is 25.2 Å². The number of urea groups is 1. The van der Waals surface area contributed by atoms with E-state index >= 15 is 0 Å². The average molecular weight is 325 g/mol. The Morgan fingerprint density at radius 3 is 2.83 bits per heavy atom. The minimum absolute atomic E-state index is 0.0486. The third-order valence-electron chi connectivity index (χ3n) is 4.68. The number of nitrogens with zero attached hydrogens (tertiary/aromatic N) is 4. The van der Waals surface area contributed by atoms with Gasteiger partial charge in [0, 0.05) is 20.1 Å². The third-order valence-corrected chi connectivity index (χ3v) is 4.68. The van der Waals surface area contributed by atoms with Crippen molar-refractivity contribution in [3.63, 3.8) is 0 Å². The highest BCUT2D eigenvalue weighted by Gasteiger charge is 2.19. The van der Waals surface area contributed by atoms with Crippen LogP contribution in [0.1, 0.15) is 28.8 Å². The van der Waals surface area contributed by atoms with Crippen molar-refractivity contribution in [2.45, 2.75) is 26.8 Å². The Hall–Kier alpha value is -2.63. The van der Waals surface area contributed by atoms with Crippen molar-refractivity contribution < 1.29 is 4.79 Å². The van der Waals surface area contributed by atoms with Gasteiger partial charge in [-0.15, -0.1) is 5.10 Å². The second-order valence-corrected chi connectivity index (χ2v) is 6.18. The van der Waals surface area contributed by atoms with Gasteiger partial charge in [0.1, 0.15) is 0 Å². The molecule has 24 heavy (non-hydrogen) atoms. The molecule has 1 aliphatic rings. The summed E-state index contributed by atoms with van der Waals surface area (Å²) in [5.41, 5.74) is 6.14. The number of amides is 2. The fourth-order valence-electron chi connectivity index (χ4n) is 2.95. The number of hydrogen-bond acceptors (Lipinski definition) is 3. The van der Waals surface area contributed by atoms with E-state index < -0.39 is 0 Å². The van der Waals surface area contributed by atoms with Gasteiger partial charge in [0.2, 0.25) is 0 Å². The van der Waals surface area contributed by atoms with Gasteiger partial charge >= 0.3 is 6.03 Å². The number of hydrogen-bond donors (Lipinski definition) is 1. The van der Waals surface area contributed by atoms with Gasteiger partial charge in [-0.1, -0.05) is 29.5 Å². The molecule has 3 rings (SSSR count). The molecule has 1 N–H and O–H groups in total. The summed E-state index contributed by atoms with van der Waals surface area (Å²) in [4.78, 5) is 14.1. The van der Waals surface area contributed by atoms with Crippen LogP contribution < -0.4 is 5.32 Å². The lowest BCUT2D eigenvalue weighted by Crippen LogP contribution is -2.42. The molecule has 2 amide bonds. The Kier molecular flexibility index (Phi) is 4.64. The molecule has 0 saturated heterocycles. The van der Waals surface area contributed by atoms with Crippen LogP contribution in [0.5, 0.6) is 0 Å². The highest BCUT2D eigenvalue weighted by atomic mass is 16.2. The number of benzene rings is 1. The first kappa shape index (κ1) is 16.2. The van der Waals surface area contributed by atoms with E-state index in [0.29, 0.717) is 13.1 Å². The lowest BCUT2D eigenvalue weighted by molar-refractivity contribution is 0.202. The summed E-state index contributed by atoms with van der Waals surface area (Å²) in [6.07, 6.45) is 4.70. The van der Waals surface area contributed by atoms with Crippen LogP contribution in [-0.2, 0) is 13.6 Å². The first-order valence-electron chi connectivity index (χ1n) is 8.18. The van der Waals surface area contributed by atoms with Gasteiger partial charge < -0.3 is 10.2 Å². The van der Waals surface area contributed by atoms with Crippen molar-refractivity contribution in [3.05, 3.63) is 52.9 Å². The summed E-state index contributed by atoms with van der Waals surface area (Å²) in [5, 5.41) is 10.6. The standard InChI is InChI=1S/C18H23N5O/c1-13-5-4-6-17(14(13)2)15-7-9-23(10-8-15)18(24)19-11-16-12-20-21-22(16)3/h4-7,12H,8-11H2,1-3H3,(H,19,24). The molecule has 0 radical (unpaired) electrons. The van der Waals surface area contributed by atoms with Crippen molar-refractivity contribution >= 4 is 11.6 Å². The number of carbonyl (C=O) groups excluding carboxylic acids is 1. The summed E-state index contributed by atoms with van der Waals surface area (Å²) < 4.78 is 1.66. The van der Waals surface area contributed by atoms with Crippen molar-refractivity contribution in [2.24, 2.45) is 7.05 Å². The van der Waals surface area contributed by atoms with Crippen LogP contribution in [0.15, 0.2) is 30.5 Å². The first-order chi connectivity index (χ1) is 11.6. The van der Waals surface area contributed by atoms with Gasteiger partial charge in [-0.05, 0) is 42.5 Å². The van der Waals surface area contributed by atoms with Crippen molar-refractivity contribution in [3.8, 4) is 0 Å². The van der Waals surface area contributed by atoms with Gasteiger partial charge in [0.05, 0.1) is 18.4 Å². The largest absolute Gasteiger partial charge is 0.332 e. The highest BCUT2D eigenvalue weighted by molar-refractivity contribution is 5.77. The molecule has 2 aromatic rings. The molecule has 0 saturated carbocycles. The highest BCUT2D eigenvalue weighted by Crippen LogP contribution is 2.26. The van der Waals surface area contributed by atoms with Gasteiger partial charge in [-0.2, -0.15) is 0 Å². The van der Waals surface area contributed by atoms with E-state index in [-0.39, 0.29) is 6.03 Å². The Labute approximate surface area is 142 Å². The molecule has 6 heteroatoms. The summed E-state index contributed by atoms with van der Waals surface area (Å²) in [6, 6.07) is 6.35. The smallest absolute Gasteiger partial charge is 0.318 e. The molecule has 1 aliphatic heterocycles. The molecule has 2 heterocycles. The maximum absolute atomic E-state index is 12.3. The maximum atomic E-state index is 12.3. The van der Waals surface area contributed by atoms with Gasteiger partial charge in [-0.3, -0.25) is 4.68 Å². The fourth-order valence-corrected chi connectivity index (χ4v) is 2.95. The monoisotopic (exact) mass is 325 g/mol. The summed E-state index contributed by atoms with van der Waals surface area (Å²) in [6.45, 7) is 6.10. The SMILES string of the molecule is Cc1cccc(C2=CCN(C(=O)NCc3cnnn3C)CC2)c1C. The summed E-state index contributed by atoms with van der Waals surface area (Å²) in [7, 11) is 1.81. The Balaban J connectivity index is 1.61. The Bertz CT molecular complexity index is 777. The molecule has 126 valence electrons. The molecule has 0 spiro atoms.